The molecule has 1 unspecified atom stereocenters. The largest absolute Gasteiger partial charge is 0.492 e. The Bertz CT molecular complexity index is 984. The standard InChI is InChI=1S/C22H26N2O4S/c25-22(19-14-18-8-2-3-10-21(18)28-16-19)23-15-17-7-6-9-20(13-17)29(26,27)24-11-4-1-5-12-24/h2-3,6-10,13,19H,1,4-5,11-12,14-16H2,(H,23,25). The number of sulfonamides is 1. The third-order valence-electron chi connectivity index (χ3n) is 5.57. The monoisotopic (exact) mass is 414 g/mol. The van der Waals surface area contributed by atoms with E-state index in [-0.39, 0.29) is 11.8 Å². The first-order valence-electron chi connectivity index (χ1n) is 10.1. The fourth-order valence-corrected chi connectivity index (χ4v) is 5.49. The van der Waals surface area contributed by atoms with E-state index in [1.807, 2.05) is 30.3 Å². The summed E-state index contributed by atoms with van der Waals surface area (Å²) in [6, 6.07) is 14.6. The number of hydrogen-bond acceptors (Lipinski definition) is 4. The van der Waals surface area contributed by atoms with E-state index in [9.17, 15) is 13.2 Å². The van der Waals surface area contributed by atoms with Gasteiger partial charge in [0.1, 0.15) is 12.4 Å². The van der Waals surface area contributed by atoms with Gasteiger partial charge in [0.15, 0.2) is 0 Å². The van der Waals surface area contributed by atoms with Crippen molar-refractivity contribution in [3.05, 3.63) is 59.7 Å². The van der Waals surface area contributed by atoms with Crippen LogP contribution in [-0.2, 0) is 27.8 Å². The summed E-state index contributed by atoms with van der Waals surface area (Å²) in [7, 11) is -3.48. The predicted molar refractivity (Wildman–Crippen MR) is 110 cm³/mol. The second kappa shape index (κ2) is 8.55. The number of nitrogens with zero attached hydrogens (tertiary/aromatic N) is 1. The molecule has 0 spiro atoms. The molecule has 2 heterocycles. The molecule has 2 aliphatic rings. The highest BCUT2D eigenvalue weighted by Crippen LogP contribution is 2.27. The molecule has 1 atom stereocenters. The topological polar surface area (TPSA) is 75.7 Å². The fourth-order valence-electron chi connectivity index (χ4n) is 3.90. The molecule has 6 nitrogen and oxygen atoms in total. The van der Waals surface area contributed by atoms with Gasteiger partial charge >= 0.3 is 0 Å². The first kappa shape index (κ1) is 19.9. The highest BCUT2D eigenvalue weighted by Gasteiger charge is 2.27. The minimum Gasteiger partial charge on any atom is -0.492 e. The normalized spacial score (nSPS) is 19.8. The Hall–Kier alpha value is -2.38. The molecule has 1 fully saturated rings. The fraction of sp³-hybridized carbons (Fsp3) is 0.409. The second-order valence-corrected chi connectivity index (χ2v) is 9.59. The van der Waals surface area contributed by atoms with Crippen LogP contribution in [0.25, 0.3) is 0 Å². The van der Waals surface area contributed by atoms with E-state index in [0.29, 0.717) is 37.6 Å². The van der Waals surface area contributed by atoms with Gasteiger partial charge in [-0.3, -0.25) is 4.79 Å². The lowest BCUT2D eigenvalue weighted by Crippen LogP contribution is -2.37. The van der Waals surface area contributed by atoms with Crippen LogP contribution in [0.2, 0.25) is 0 Å². The van der Waals surface area contributed by atoms with Crippen LogP contribution in [0.1, 0.15) is 30.4 Å². The molecule has 2 aromatic rings. The number of benzene rings is 2. The van der Waals surface area contributed by atoms with Crippen LogP contribution in [0.3, 0.4) is 0 Å². The molecule has 0 saturated carbocycles. The van der Waals surface area contributed by atoms with Crippen molar-refractivity contribution in [2.45, 2.75) is 37.1 Å². The number of fused-ring (bicyclic) bond motifs is 1. The maximum absolute atomic E-state index is 12.9. The molecular formula is C22H26N2O4S. The van der Waals surface area contributed by atoms with Crippen LogP contribution in [0.15, 0.2) is 53.4 Å². The van der Waals surface area contributed by atoms with Crippen molar-refractivity contribution in [3.63, 3.8) is 0 Å². The Morgan fingerprint density at radius 2 is 1.86 bits per heavy atom. The maximum atomic E-state index is 12.9. The van der Waals surface area contributed by atoms with Gasteiger partial charge in [-0.15, -0.1) is 0 Å². The molecule has 1 saturated heterocycles. The minimum absolute atomic E-state index is 0.0798. The number of carbonyl (C=O) groups excluding carboxylic acids is 1. The predicted octanol–water partition coefficient (Wildman–Crippen LogP) is 2.73. The summed E-state index contributed by atoms with van der Waals surface area (Å²) in [6.07, 6.45) is 3.53. The summed E-state index contributed by atoms with van der Waals surface area (Å²) in [6.45, 7) is 1.80. The quantitative estimate of drug-likeness (QED) is 0.816. The summed E-state index contributed by atoms with van der Waals surface area (Å²) in [5.41, 5.74) is 1.81. The number of para-hydroxylation sites is 1. The third kappa shape index (κ3) is 4.46. The summed E-state index contributed by atoms with van der Waals surface area (Å²) < 4.78 is 33.0. The van der Waals surface area contributed by atoms with Crippen LogP contribution in [-0.4, -0.2) is 38.3 Å². The number of carbonyl (C=O) groups is 1. The Balaban J connectivity index is 1.39. The van der Waals surface area contributed by atoms with Crippen molar-refractivity contribution in [1.82, 2.24) is 9.62 Å². The van der Waals surface area contributed by atoms with Gasteiger partial charge in [-0.2, -0.15) is 4.31 Å². The smallest absolute Gasteiger partial charge is 0.243 e. The van der Waals surface area contributed by atoms with Gasteiger partial charge < -0.3 is 10.1 Å². The van der Waals surface area contributed by atoms with E-state index in [4.69, 9.17) is 4.74 Å². The van der Waals surface area contributed by atoms with Crippen molar-refractivity contribution in [3.8, 4) is 5.75 Å². The molecule has 0 radical (unpaired) electrons. The van der Waals surface area contributed by atoms with Crippen LogP contribution in [0.4, 0.5) is 0 Å². The zero-order valence-electron chi connectivity index (χ0n) is 16.3. The molecule has 0 aromatic heterocycles. The summed E-state index contributed by atoms with van der Waals surface area (Å²) in [5.74, 6) is 0.515. The zero-order chi connectivity index (χ0) is 20.3. The van der Waals surface area contributed by atoms with Gasteiger partial charge in [-0.1, -0.05) is 36.8 Å². The van der Waals surface area contributed by atoms with E-state index >= 15 is 0 Å². The van der Waals surface area contributed by atoms with Crippen molar-refractivity contribution in [2.75, 3.05) is 19.7 Å². The lowest BCUT2D eigenvalue weighted by atomic mass is 9.96. The minimum atomic E-state index is -3.48. The SMILES string of the molecule is O=C(NCc1cccc(S(=O)(=O)N2CCCCC2)c1)C1COc2ccccc2C1. The number of rotatable bonds is 5. The van der Waals surface area contributed by atoms with E-state index in [1.54, 1.807) is 22.5 Å². The lowest BCUT2D eigenvalue weighted by molar-refractivity contribution is -0.126. The number of amides is 1. The van der Waals surface area contributed by atoms with Gasteiger partial charge in [0.25, 0.3) is 0 Å². The summed E-state index contributed by atoms with van der Waals surface area (Å²) in [5, 5.41) is 2.93. The van der Waals surface area contributed by atoms with Gasteiger partial charge in [-0.05, 0) is 48.6 Å². The number of nitrogens with one attached hydrogen (secondary N) is 1. The van der Waals surface area contributed by atoms with E-state index in [1.165, 1.54) is 0 Å². The first-order valence-corrected chi connectivity index (χ1v) is 11.6. The molecule has 1 amide bonds. The van der Waals surface area contributed by atoms with Gasteiger partial charge in [-0.25, -0.2) is 8.42 Å². The average molecular weight is 415 g/mol. The van der Waals surface area contributed by atoms with Crippen molar-refractivity contribution in [2.24, 2.45) is 5.92 Å². The Labute approximate surface area is 171 Å². The third-order valence-corrected chi connectivity index (χ3v) is 7.46. The molecular weight excluding hydrogens is 388 g/mol. The van der Waals surface area contributed by atoms with Crippen LogP contribution >= 0.6 is 0 Å². The lowest BCUT2D eigenvalue weighted by Gasteiger charge is -2.26. The molecule has 4 rings (SSSR count). The molecule has 0 bridgehead atoms. The summed E-state index contributed by atoms with van der Waals surface area (Å²) >= 11 is 0. The first-order chi connectivity index (χ1) is 14.0. The molecule has 29 heavy (non-hydrogen) atoms. The maximum Gasteiger partial charge on any atom is 0.243 e. The van der Waals surface area contributed by atoms with Gasteiger partial charge in [0.2, 0.25) is 15.9 Å². The van der Waals surface area contributed by atoms with Crippen LogP contribution in [0, 0.1) is 5.92 Å². The van der Waals surface area contributed by atoms with E-state index in [0.717, 1.165) is 36.1 Å². The Kier molecular flexibility index (Phi) is 5.87. The molecule has 154 valence electrons. The summed E-state index contributed by atoms with van der Waals surface area (Å²) in [4.78, 5) is 12.9. The zero-order valence-corrected chi connectivity index (χ0v) is 17.2. The van der Waals surface area contributed by atoms with E-state index < -0.39 is 10.0 Å². The van der Waals surface area contributed by atoms with Crippen LogP contribution in [0.5, 0.6) is 5.75 Å². The average Bonchev–Trinajstić information content (AvgIpc) is 2.78. The van der Waals surface area contributed by atoms with Gasteiger partial charge in [0, 0.05) is 19.6 Å². The van der Waals surface area contributed by atoms with E-state index in [2.05, 4.69) is 5.32 Å². The molecule has 7 heteroatoms. The molecule has 0 aliphatic carbocycles. The number of piperidine rings is 1. The van der Waals surface area contributed by atoms with Crippen molar-refractivity contribution < 1.29 is 17.9 Å². The molecule has 2 aromatic carbocycles. The molecule has 2 aliphatic heterocycles. The van der Waals surface area contributed by atoms with Crippen molar-refractivity contribution in [1.29, 1.82) is 0 Å². The highest BCUT2D eigenvalue weighted by molar-refractivity contribution is 7.89. The second-order valence-electron chi connectivity index (χ2n) is 7.65. The van der Waals surface area contributed by atoms with Crippen LogP contribution < -0.4 is 10.1 Å². The van der Waals surface area contributed by atoms with Gasteiger partial charge in [0.05, 0.1) is 10.8 Å². The number of hydrogen-bond donors (Lipinski definition) is 1. The Morgan fingerprint density at radius 1 is 1.07 bits per heavy atom. The van der Waals surface area contributed by atoms with Crippen molar-refractivity contribution >= 4 is 15.9 Å². The highest BCUT2D eigenvalue weighted by atomic mass is 32.2. The Morgan fingerprint density at radius 3 is 2.69 bits per heavy atom. The number of ether oxygens (including phenoxy) is 1. The molecule has 1 N–H and O–H groups in total.